The molecular formula is C15H15NO4. The van der Waals surface area contributed by atoms with Crippen molar-refractivity contribution in [2.75, 3.05) is 5.32 Å². The number of carbonyl (C=O) groups excluding carboxylic acids is 1. The van der Waals surface area contributed by atoms with Crippen LogP contribution in [0.25, 0.3) is 0 Å². The van der Waals surface area contributed by atoms with E-state index < -0.39 is 5.97 Å². The van der Waals surface area contributed by atoms with Crippen LogP contribution in [0.15, 0.2) is 28.7 Å². The van der Waals surface area contributed by atoms with Crippen molar-refractivity contribution in [2.45, 2.75) is 20.8 Å². The fourth-order valence-electron chi connectivity index (χ4n) is 1.98. The highest BCUT2D eigenvalue weighted by Gasteiger charge is 2.15. The molecule has 1 heterocycles. The largest absolute Gasteiger partial charge is 0.478 e. The van der Waals surface area contributed by atoms with Crippen LogP contribution >= 0.6 is 0 Å². The summed E-state index contributed by atoms with van der Waals surface area (Å²) < 4.78 is 5.32. The van der Waals surface area contributed by atoms with Gasteiger partial charge in [-0.3, -0.25) is 4.79 Å². The minimum atomic E-state index is -0.993. The predicted octanol–water partition coefficient (Wildman–Crippen LogP) is 3.16. The van der Waals surface area contributed by atoms with Gasteiger partial charge < -0.3 is 14.8 Å². The Bertz CT molecular complexity index is 685. The monoisotopic (exact) mass is 273 g/mol. The topological polar surface area (TPSA) is 79.5 Å². The van der Waals surface area contributed by atoms with Crippen LogP contribution in [0, 0.1) is 20.8 Å². The van der Waals surface area contributed by atoms with Gasteiger partial charge in [-0.05, 0) is 50.6 Å². The number of carbonyl (C=O) groups is 2. The molecule has 0 saturated heterocycles. The highest BCUT2D eigenvalue weighted by atomic mass is 16.4. The average molecular weight is 273 g/mol. The molecule has 0 radical (unpaired) electrons. The van der Waals surface area contributed by atoms with Crippen LogP contribution in [0.4, 0.5) is 5.69 Å². The van der Waals surface area contributed by atoms with Gasteiger partial charge in [0.25, 0.3) is 5.91 Å². The van der Waals surface area contributed by atoms with E-state index in [1.807, 2.05) is 0 Å². The van der Waals surface area contributed by atoms with Gasteiger partial charge in [0.15, 0.2) is 0 Å². The minimum Gasteiger partial charge on any atom is -0.478 e. The van der Waals surface area contributed by atoms with Gasteiger partial charge in [0, 0.05) is 5.69 Å². The highest BCUT2D eigenvalue weighted by molar-refractivity contribution is 6.05. The van der Waals surface area contributed by atoms with Crippen molar-refractivity contribution < 1.29 is 19.1 Å². The van der Waals surface area contributed by atoms with Crippen LogP contribution < -0.4 is 5.32 Å². The molecule has 0 saturated carbocycles. The summed E-state index contributed by atoms with van der Waals surface area (Å²) in [4.78, 5) is 23.0. The molecule has 1 aromatic heterocycles. The molecule has 0 atom stereocenters. The lowest BCUT2D eigenvalue weighted by molar-refractivity contribution is 0.0696. The lowest BCUT2D eigenvalue weighted by atomic mass is 10.1. The average Bonchev–Trinajstić information content (AvgIpc) is 2.70. The second-order valence-electron chi connectivity index (χ2n) is 4.62. The number of amides is 1. The molecule has 104 valence electrons. The Balaban J connectivity index is 2.24. The van der Waals surface area contributed by atoms with Gasteiger partial charge >= 0.3 is 5.97 Å². The third kappa shape index (κ3) is 2.71. The van der Waals surface area contributed by atoms with Crippen LogP contribution in [-0.2, 0) is 0 Å². The van der Waals surface area contributed by atoms with E-state index in [0.717, 1.165) is 0 Å². The van der Waals surface area contributed by atoms with Gasteiger partial charge in [0.05, 0.1) is 11.1 Å². The van der Waals surface area contributed by atoms with Gasteiger partial charge in [0.1, 0.15) is 11.5 Å². The fraction of sp³-hybridized carbons (Fsp3) is 0.200. The van der Waals surface area contributed by atoms with Crippen molar-refractivity contribution in [3.8, 4) is 0 Å². The number of carboxylic acids is 1. The first-order valence-electron chi connectivity index (χ1n) is 6.11. The Hall–Kier alpha value is -2.56. The first-order chi connectivity index (χ1) is 9.38. The third-order valence-electron chi connectivity index (χ3n) is 3.01. The first-order valence-corrected chi connectivity index (χ1v) is 6.11. The summed E-state index contributed by atoms with van der Waals surface area (Å²) in [6.07, 6.45) is 0. The van der Waals surface area contributed by atoms with E-state index in [4.69, 9.17) is 9.52 Å². The van der Waals surface area contributed by atoms with Crippen LogP contribution in [-0.4, -0.2) is 17.0 Å². The number of benzene rings is 1. The second kappa shape index (κ2) is 5.21. The van der Waals surface area contributed by atoms with Crippen LogP contribution in [0.2, 0.25) is 0 Å². The zero-order chi connectivity index (χ0) is 14.9. The zero-order valence-corrected chi connectivity index (χ0v) is 11.5. The number of aromatic carboxylic acids is 1. The lowest BCUT2D eigenvalue weighted by Gasteiger charge is -2.08. The predicted molar refractivity (Wildman–Crippen MR) is 74.3 cm³/mol. The molecule has 0 aliphatic heterocycles. The molecular weight excluding hydrogens is 258 g/mol. The zero-order valence-electron chi connectivity index (χ0n) is 11.5. The summed E-state index contributed by atoms with van der Waals surface area (Å²) in [7, 11) is 0. The molecule has 0 spiro atoms. The normalized spacial score (nSPS) is 10.3. The molecule has 2 N–H and O–H groups in total. The number of furan rings is 1. The van der Waals surface area contributed by atoms with Gasteiger partial charge in [0.2, 0.25) is 0 Å². The van der Waals surface area contributed by atoms with E-state index in [1.165, 1.54) is 12.1 Å². The molecule has 1 aromatic carbocycles. The van der Waals surface area contributed by atoms with Crippen molar-refractivity contribution in [3.05, 3.63) is 52.5 Å². The fourth-order valence-corrected chi connectivity index (χ4v) is 1.98. The first kappa shape index (κ1) is 13.9. The maximum atomic E-state index is 12.1. The van der Waals surface area contributed by atoms with E-state index in [9.17, 15) is 9.59 Å². The molecule has 2 rings (SSSR count). The molecule has 1 amide bonds. The van der Waals surface area contributed by atoms with E-state index in [-0.39, 0.29) is 11.5 Å². The van der Waals surface area contributed by atoms with Gasteiger partial charge in [-0.2, -0.15) is 0 Å². The minimum absolute atomic E-state index is 0.191. The maximum Gasteiger partial charge on any atom is 0.335 e. The van der Waals surface area contributed by atoms with Gasteiger partial charge in [-0.15, -0.1) is 0 Å². The van der Waals surface area contributed by atoms with E-state index in [1.54, 1.807) is 32.9 Å². The molecule has 0 fully saturated rings. The van der Waals surface area contributed by atoms with Crippen molar-refractivity contribution >= 4 is 17.6 Å². The lowest BCUT2D eigenvalue weighted by Crippen LogP contribution is -2.13. The van der Waals surface area contributed by atoms with E-state index in [0.29, 0.717) is 28.3 Å². The number of nitrogens with one attached hydrogen (secondary N) is 1. The molecule has 5 nitrogen and oxygen atoms in total. The Morgan fingerprint density at radius 1 is 1.15 bits per heavy atom. The summed E-state index contributed by atoms with van der Waals surface area (Å²) in [6.45, 7) is 5.24. The number of rotatable bonds is 3. The van der Waals surface area contributed by atoms with Crippen LogP contribution in [0.5, 0.6) is 0 Å². The summed E-state index contributed by atoms with van der Waals surface area (Å²) in [5.41, 5.74) is 1.94. The molecule has 2 aromatic rings. The Labute approximate surface area is 116 Å². The van der Waals surface area contributed by atoms with E-state index in [2.05, 4.69) is 5.32 Å². The van der Waals surface area contributed by atoms with Crippen LogP contribution in [0.1, 0.15) is 37.8 Å². The third-order valence-corrected chi connectivity index (χ3v) is 3.01. The van der Waals surface area contributed by atoms with Gasteiger partial charge in [-0.1, -0.05) is 0 Å². The van der Waals surface area contributed by atoms with Gasteiger partial charge in [-0.25, -0.2) is 4.79 Å². The summed E-state index contributed by atoms with van der Waals surface area (Å²) in [5.74, 6) is -0.0387. The number of aryl methyl sites for hydroxylation is 3. The molecule has 20 heavy (non-hydrogen) atoms. The summed E-state index contributed by atoms with van der Waals surface area (Å²) in [5, 5.41) is 11.7. The van der Waals surface area contributed by atoms with Crippen LogP contribution in [0.3, 0.4) is 0 Å². The van der Waals surface area contributed by atoms with Crippen molar-refractivity contribution in [3.63, 3.8) is 0 Å². The number of anilines is 1. The standard InChI is InChI=1S/C15H15NO4/c1-8-6-11(15(18)19)4-5-13(8)16-14(17)12-7-9(2)20-10(12)3/h4-7H,1-3H3,(H,16,17)(H,18,19). The number of hydrogen-bond acceptors (Lipinski definition) is 3. The van der Waals surface area contributed by atoms with Crippen molar-refractivity contribution in [1.82, 2.24) is 0 Å². The van der Waals surface area contributed by atoms with Crippen molar-refractivity contribution in [2.24, 2.45) is 0 Å². The SMILES string of the molecule is Cc1cc(C(=O)Nc2ccc(C(=O)O)cc2C)c(C)o1. The molecule has 0 unspecified atom stereocenters. The molecule has 0 aliphatic rings. The quantitative estimate of drug-likeness (QED) is 0.900. The molecule has 0 bridgehead atoms. The Kier molecular flexibility index (Phi) is 3.61. The summed E-state index contributed by atoms with van der Waals surface area (Å²) in [6, 6.07) is 6.23. The smallest absolute Gasteiger partial charge is 0.335 e. The number of hydrogen-bond donors (Lipinski definition) is 2. The molecule has 0 aliphatic carbocycles. The van der Waals surface area contributed by atoms with E-state index >= 15 is 0 Å². The Morgan fingerprint density at radius 3 is 2.35 bits per heavy atom. The maximum absolute atomic E-state index is 12.1. The second-order valence-corrected chi connectivity index (χ2v) is 4.62. The Morgan fingerprint density at radius 2 is 1.85 bits per heavy atom. The molecule has 5 heteroatoms. The summed E-state index contributed by atoms with van der Waals surface area (Å²) >= 11 is 0. The highest BCUT2D eigenvalue weighted by Crippen LogP contribution is 2.20. The van der Waals surface area contributed by atoms with Crippen molar-refractivity contribution in [1.29, 1.82) is 0 Å². The number of carboxylic acid groups (broad SMARTS) is 1.